The minimum absolute atomic E-state index is 0.0487. The van der Waals surface area contributed by atoms with Crippen LogP contribution < -0.4 is 5.32 Å². The number of aromatic nitrogens is 1. The lowest BCUT2D eigenvalue weighted by Gasteiger charge is -2.15. The molecule has 1 aromatic heterocycles. The number of nitrogens with one attached hydrogen (secondary N) is 1. The molecular formula is C20H20N2O. The average Bonchev–Trinajstić information content (AvgIpc) is 2.61. The van der Waals surface area contributed by atoms with Gasteiger partial charge in [0.2, 0.25) is 0 Å². The molecule has 2 aromatic carbocycles. The van der Waals surface area contributed by atoms with Gasteiger partial charge >= 0.3 is 0 Å². The lowest BCUT2D eigenvalue weighted by atomic mass is 10.0. The fourth-order valence-electron chi connectivity index (χ4n) is 2.69. The summed E-state index contributed by atoms with van der Waals surface area (Å²) in [4.78, 5) is 17.0. The van der Waals surface area contributed by atoms with Gasteiger partial charge in [-0.15, -0.1) is 0 Å². The Balaban J connectivity index is 1.82. The Kier molecular flexibility index (Phi) is 4.38. The van der Waals surface area contributed by atoms with Crippen LogP contribution in [-0.2, 0) is 6.42 Å². The highest BCUT2D eigenvalue weighted by Gasteiger charge is 2.14. The van der Waals surface area contributed by atoms with Crippen molar-refractivity contribution in [3.8, 4) is 0 Å². The molecule has 1 atom stereocenters. The first-order valence-corrected chi connectivity index (χ1v) is 7.92. The molecule has 0 aliphatic carbocycles. The Bertz CT molecular complexity index is 819. The quantitative estimate of drug-likeness (QED) is 0.781. The first-order valence-electron chi connectivity index (χ1n) is 7.92. The Labute approximate surface area is 136 Å². The van der Waals surface area contributed by atoms with Crippen LogP contribution in [0.1, 0.15) is 41.4 Å². The summed E-state index contributed by atoms with van der Waals surface area (Å²) in [5.41, 5.74) is 3.75. The molecule has 0 fully saturated rings. The van der Waals surface area contributed by atoms with E-state index >= 15 is 0 Å². The predicted molar refractivity (Wildman–Crippen MR) is 93.4 cm³/mol. The zero-order chi connectivity index (χ0) is 16.2. The van der Waals surface area contributed by atoms with Gasteiger partial charge in [0.15, 0.2) is 0 Å². The van der Waals surface area contributed by atoms with Crippen molar-refractivity contribution in [2.24, 2.45) is 0 Å². The predicted octanol–water partition coefficient (Wildman–Crippen LogP) is 4.29. The molecular weight excluding hydrogens is 284 g/mol. The molecule has 1 unspecified atom stereocenters. The molecule has 0 saturated carbocycles. The smallest absolute Gasteiger partial charge is 0.253 e. The largest absolute Gasteiger partial charge is 0.345 e. The van der Waals surface area contributed by atoms with Crippen molar-refractivity contribution in [1.29, 1.82) is 0 Å². The van der Waals surface area contributed by atoms with Crippen LogP contribution >= 0.6 is 0 Å². The Morgan fingerprint density at radius 1 is 1.09 bits per heavy atom. The summed E-state index contributed by atoms with van der Waals surface area (Å²) in [7, 11) is 0. The maximum Gasteiger partial charge on any atom is 0.253 e. The van der Waals surface area contributed by atoms with E-state index in [1.807, 2.05) is 37.3 Å². The number of hydrogen-bond acceptors (Lipinski definition) is 2. The van der Waals surface area contributed by atoms with Gasteiger partial charge in [-0.3, -0.25) is 9.78 Å². The summed E-state index contributed by atoms with van der Waals surface area (Å²) in [5, 5.41) is 4.04. The van der Waals surface area contributed by atoms with Gasteiger partial charge in [0, 0.05) is 11.6 Å². The zero-order valence-corrected chi connectivity index (χ0v) is 13.4. The molecule has 1 heterocycles. The second kappa shape index (κ2) is 6.61. The number of hydrogen-bond donors (Lipinski definition) is 1. The number of pyridine rings is 1. The lowest BCUT2D eigenvalue weighted by molar-refractivity contribution is 0.0941. The number of nitrogens with zero attached hydrogens (tertiary/aromatic N) is 1. The molecule has 3 rings (SSSR count). The first-order chi connectivity index (χ1) is 11.2. The van der Waals surface area contributed by atoms with Gasteiger partial charge in [0.05, 0.1) is 17.1 Å². The summed E-state index contributed by atoms with van der Waals surface area (Å²) in [6.07, 6.45) is 2.73. The number of benzene rings is 2. The molecule has 0 radical (unpaired) electrons. The molecule has 0 bridgehead atoms. The Morgan fingerprint density at radius 2 is 1.83 bits per heavy atom. The van der Waals surface area contributed by atoms with Gasteiger partial charge in [-0.1, -0.05) is 49.4 Å². The molecule has 3 aromatic rings. The van der Waals surface area contributed by atoms with Gasteiger partial charge in [0.1, 0.15) is 0 Å². The van der Waals surface area contributed by atoms with Crippen molar-refractivity contribution in [3.05, 3.63) is 77.5 Å². The lowest BCUT2D eigenvalue weighted by Crippen LogP contribution is -2.27. The summed E-state index contributed by atoms with van der Waals surface area (Å²) in [5.74, 6) is -0.0960. The van der Waals surface area contributed by atoms with E-state index in [1.165, 1.54) is 5.56 Å². The number of amides is 1. The zero-order valence-electron chi connectivity index (χ0n) is 13.4. The van der Waals surface area contributed by atoms with E-state index in [-0.39, 0.29) is 11.9 Å². The van der Waals surface area contributed by atoms with Crippen LogP contribution in [0.4, 0.5) is 0 Å². The number of carbonyl (C=O) groups excluding carboxylic acids is 1. The highest BCUT2D eigenvalue weighted by molar-refractivity contribution is 6.05. The number of para-hydroxylation sites is 1. The number of rotatable bonds is 4. The Morgan fingerprint density at radius 3 is 2.57 bits per heavy atom. The molecule has 0 spiro atoms. The average molecular weight is 304 g/mol. The number of aryl methyl sites for hydroxylation is 1. The van der Waals surface area contributed by atoms with Crippen LogP contribution in [0.3, 0.4) is 0 Å². The molecule has 1 N–H and O–H groups in total. The van der Waals surface area contributed by atoms with Crippen LogP contribution in [0.25, 0.3) is 10.9 Å². The molecule has 116 valence electrons. The number of carbonyl (C=O) groups is 1. The van der Waals surface area contributed by atoms with Crippen LogP contribution in [0, 0.1) is 0 Å². The van der Waals surface area contributed by atoms with Crippen LogP contribution in [-0.4, -0.2) is 10.9 Å². The minimum atomic E-state index is -0.0960. The van der Waals surface area contributed by atoms with Crippen molar-refractivity contribution in [3.63, 3.8) is 0 Å². The maximum atomic E-state index is 12.6. The van der Waals surface area contributed by atoms with E-state index < -0.39 is 0 Å². The highest BCUT2D eigenvalue weighted by Crippen LogP contribution is 2.18. The van der Waals surface area contributed by atoms with E-state index in [0.717, 1.165) is 22.9 Å². The Hall–Kier alpha value is -2.68. The summed E-state index contributed by atoms with van der Waals surface area (Å²) >= 11 is 0. The molecule has 0 saturated heterocycles. The molecule has 0 aliphatic heterocycles. The van der Waals surface area contributed by atoms with Crippen molar-refractivity contribution >= 4 is 16.8 Å². The third-order valence-corrected chi connectivity index (χ3v) is 4.11. The highest BCUT2D eigenvalue weighted by atomic mass is 16.1. The minimum Gasteiger partial charge on any atom is -0.345 e. The van der Waals surface area contributed by atoms with Crippen molar-refractivity contribution in [2.45, 2.75) is 26.3 Å². The number of fused-ring (bicyclic) bond motifs is 1. The van der Waals surface area contributed by atoms with Gasteiger partial charge in [-0.2, -0.15) is 0 Å². The van der Waals surface area contributed by atoms with Crippen molar-refractivity contribution < 1.29 is 4.79 Å². The summed E-state index contributed by atoms with van der Waals surface area (Å²) in [6, 6.07) is 17.8. The first kappa shape index (κ1) is 15.2. The fourth-order valence-corrected chi connectivity index (χ4v) is 2.69. The third-order valence-electron chi connectivity index (χ3n) is 4.11. The second-order valence-corrected chi connectivity index (χ2v) is 5.67. The molecule has 3 nitrogen and oxygen atoms in total. The van der Waals surface area contributed by atoms with Crippen molar-refractivity contribution in [1.82, 2.24) is 10.3 Å². The standard InChI is InChI=1S/C20H20N2O/c1-3-15-9-11-16(12-10-15)14(2)22-20(23)18-8-4-6-17-7-5-13-21-19(17)18/h4-14H,3H2,1-2H3,(H,22,23). The second-order valence-electron chi connectivity index (χ2n) is 5.67. The van der Waals surface area contributed by atoms with E-state index in [2.05, 4.69) is 41.5 Å². The van der Waals surface area contributed by atoms with Crippen LogP contribution in [0.15, 0.2) is 60.8 Å². The summed E-state index contributed by atoms with van der Waals surface area (Å²) < 4.78 is 0. The topological polar surface area (TPSA) is 42.0 Å². The van der Waals surface area contributed by atoms with E-state index in [0.29, 0.717) is 5.56 Å². The van der Waals surface area contributed by atoms with Gasteiger partial charge in [-0.25, -0.2) is 0 Å². The third kappa shape index (κ3) is 3.24. The van der Waals surface area contributed by atoms with Gasteiger partial charge in [0.25, 0.3) is 5.91 Å². The fraction of sp³-hybridized carbons (Fsp3) is 0.200. The van der Waals surface area contributed by atoms with Crippen molar-refractivity contribution in [2.75, 3.05) is 0 Å². The SMILES string of the molecule is CCc1ccc(C(C)NC(=O)c2cccc3cccnc23)cc1. The molecule has 0 aliphatic rings. The summed E-state index contributed by atoms with van der Waals surface area (Å²) in [6.45, 7) is 4.13. The van der Waals surface area contributed by atoms with Gasteiger partial charge < -0.3 is 5.32 Å². The molecule has 1 amide bonds. The van der Waals surface area contributed by atoms with E-state index in [1.54, 1.807) is 6.20 Å². The maximum absolute atomic E-state index is 12.6. The monoisotopic (exact) mass is 304 g/mol. The molecule has 23 heavy (non-hydrogen) atoms. The van der Waals surface area contributed by atoms with Gasteiger partial charge in [-0.05, 0) is 36.6 Å². The van der Waals surface area contributed by atoms with Crippen LogP contribution in [0.2, 0.25) is 0 Å². The molecule has 3 heteroatoms. The van der Waals surface area contributed by atoms with E-state index in [9.17, 15) is 4.79 Å². The van der Waals surface area contributed by atoms with E-state index in [4.69, 9.17) is 0 Å². The normalized spacial score (nSPS) is 12.1. The van der Waals surface area contributed by atoms with Crippen LogP contribution in [0.5, 0.6) is 0 Å².